The number of nitrogens with one attached hydrogen (secondary N) is 3. The minimum absolute atomic E-state index is 0.00940. The molecular weight excluding hydrogens is 842 g/mol. The molecule has 1 fully saturated rings. The van der Waals surface area contributed by atoms with Crippen LogP contribution in [0.1, 0.15) is 22.5 Å². The minimum atomic E-state index is -3.99. The summed E-state index contributed by atoms with van der Waals surface area (Å²) in [7, 11) is 1.95. The molecule has 0 saturated carbocycles. The average molecular weight is 895 g/mol. The fourth-order valence-electron chi connectivity index (χ4n) is 7.78. The van der Waals surface area contributed by atoms with Crippen LogP contribution >= 0.6 is 23.4 Å². The molecule has 1 aromatic heterocycles. The van der Waals surface area contributed by atoms with Gasteiger partial charge in [-0.1, -0.05) is 54.1 Å². The van der Waals surface area contributed by atoms with E-state index in [0.29, 0.717) is 27.7 Å². The number of sulfonamides is 1. The van der Waals surface area contributed by atoms with Crippen molar-refractivity contribution in [3.05, 3.63) is 138 Å². The second-order valence-corrected chi connectivity index (χ2v) is 18.8. The van der Waals surface area contributed by atoms with Crippen molar-refractivity contribution in [1.82, 2.24) is 9.47 Å². The first kappa shape index (κ1) is 44.4. The standard InChI is InChI=1S/C47H52ClN7O5S2/c1-32-44(47(56)57)45(46(53(32)4)33-13-15-35(48)16-14-33)34-9-8-10-39(29-34)55-27-25-54(26-28-55)38-19-17-36(18-20-38)51-62(59,60)41-21-22-42(43(30-41)50-58)49-37(23-24-52(2)3)31-61-40-11-6-5-7-12-40/h5-22,29-30,37,49-51,58H,23-28,31H2,1-4H3,(H,56,57)/t37-/m1/s1. The Balaban J connectivity index is 0.997. The smallest absolute Gasteiger partial charge is 0.338 e. The number of piperazine rings is 1. The molecule has 5 aromatic carbocycles. The van der Waals surface area contributed by atoms with Crippen molar-refractivity contribution >= 4 is 67.8 Å². The molecule has 1 aliphatic rings. The highest BCUT2D eigenvalue weighted by atomic mass is 35.5. The number of anilines is 5. The van der Waals surface area contributed by atoms with Gasteiger partial charge in [-0.15, -0.1) is 11.8 Å². The van der Waals surface area contributed by atoms with E-state index in [1.54, 1.807) is 30.0 Å². The monoisotopic (exact) mass is 893 g/mol. The van der Waals surface area contributed by atoms with E-state index in [2.05, 4.69) is 54.5 Å². The summed E-state index contributed by atoms with van der Waals surface area (Å²) in [5.41, 5.74) is 9.57. The SMILES string of the molecule is Cc1c(C(=O)O)c(-c2cccc(N3CCN(c4ccc(NS(=O)(=O)c5ccc(N[C@H](CCN(C)C)CSc6ccccc6)c(NO)c5)cc4)CC3)c2)c(-c2ccc(Cl)cc2)n1C. The van der Waals surface area contributed by atoms with E-state index < -0.39 is 16.0 Å². The number of halogens is 1. The van der Waals surface area contributed by atoms with E-state index in [-0.39, 0.29) is 22.2 Å². The molecule has 6 aromatic rings. The molecule has 0 bridgehead atoms. The van der Waals surface area contributed by atoms with Crippen LogP contribution in [0.15, 0.2) is 131 Å². The van der Waals surface area contributed by atoms with Gasteiger partial charge in [-0.25, -0.2) is 13.2 Å². The van der Waals surface area contributed by atoms with Crippen molar-refractivity contribution in [3.8, 4) is 22.4 Å². The maximum absolute atomic E-state index is 13.6. The van der Waals surface area contributed by atoms with Gasteiger partial charge in [-0.05, 0) is 124 Å². The van der Waals surface area contributed by atoms with Crippen LogP contribution in [-0.4, -0.2) is 92.8 Å². The van der Waals surface area contributed by atoms with Crippen molar-refractivity contribution < 1.29 is 23.5 Å². The predicted octanol–water partition coefficient (Wildman–Crippen LogP) is 9.47. The molecule has 2 heterocycles. The highest BCUT2D eigenvalue weighted by molar-refractivity contribution is 7.99. The van der Waals surface area contributed by atoms with E-state index in [0.717, 1.165) is 78.0 Å². The normalized spacial score (nSPS) is 13.6. The van der Waals surface area contributed by atoms with E-state index in [1.165, 1.54) is 12.1 Å². The summed E-state index contributed by atoms with van der Waals surface area (Å²) >= 11 is 7.94. The maximum Gasteiger partial charge on any atom is 0.338 e. The molecular formula is C47H52ClN7O5S2. The third-order valence-electron chi connectivity index (χ3n) is 11.2. The van der Waals surface area contributed by atoms with Gasteiger partial charge in [0.05, 0.1) is 27.5 Å². The van der Waals surface area contributed by atoms with Crippen molar-refractivity contribution in [2.45, 2.75) is 29.2 Å². The number of nitrogens with zero attached hydrogens (tertiary/aromatic N) is 4. The molecule has 1 saturated heterocycles. The van der Waals surface area contributed by atoms with E-state index in [4.69, 9.17) is 11.6 Å². The van der Waals surface area contributed by atoms with Crippen LogP contribution in [0.4, 0.5) is 28.4 Å². The Kier molecular flexibility index (Phi) is 14.0. The molecule has 0 unspecified atom stereocenters. The molecule has 5 N–H and O–H groups in total. The number of carboxylic acids is 1. The Labute approximate surface area is 373 Å². The van der Waals surface area contributed by atoms with E-state index in [1.807, 2.05) is 99.4 Å². The summed E-state index contributed by atoms with van der Waals surface area (Å²) in [4.78, 5) is 20.5. The van der Waals surface area contributed by atoms with Crippen LogP contribution in [0.2, 0.25) is 5.02 Å². The van der Waals surface area contributed by atoms with Gasteiger partial charge in [0.15, 0.2) is 0 Å². The van der Waals surface area contributed by atoms with Crippen LogP contribution in [0.3, 0.4) is 0 Å². The second kappa shape index (κ2) is 19.6. The third kappa shape index (κ3) is 10.3. The van der Waals surface area contributed by atoms with Crippen LogP contribution < -0.4 is 25.3 Å². The number of thioether (sulfide) groups is 1. The molecule has 324 valence electrons. The molecule has 0 spiro atoms. The lowest BCUT2D eigenvalue weighted by atomic mass is 9.96. The Morgan fingerprint density at radius 3 is 2.15 bits per heavy atom. The maximum atomic E-state index is 13.6. The number of benzene rings is 5. The van der Waals surface area contributed by atoms with Gasteiger partial charge in [0, 0.05) is 83.3 Å². The highest BCUT2D eigenvalue weighted by Gasteiger charge is 2.27. The zero-order chi connectivity index (χ0) is 44.0. The molecule has 15 heteroatoms. The Bertz CT molecular complexity index is 2600. The van der Waals surface area contributed by atoms with Crippen LogP contribution in [0.25, 0.3) is 22.4 Å². The molecule has 0 radical (unpaired) electrons. The molecule has 12 nitrogen and oxygen atoms in total. The van der Waals surface area contributed by atoms with Crippen molar-refractivity contribution in [3.63, 3.8) is 0 Å². The Hall–Kier alpha value is -5.64. The van der Waals surface area contributed by atoms with Gasteiger partial charge >= 0.3 is 5.97 Å². The number of carboxylic acid groups (broad SMARTS) is 1. The van der Waals surface area contributed by atoms with Gasteiger partial charge in [-0.2, -0.15) is 0 Å². The van der Waals surface area contributed by atoms with Crippen molar-refractivity contribution in [2.24, 2.45) is 7.05 Å². The first-order valence-electron chi connectivity index (χ1n) is 20.4. The van der Waals surface area contributed by atoms with Crippen LogP contribution in [-0.2, 0) is 17.1 Å². The van der Waals surface area contributed by atoms with Gasteiger partial charge in [0.2, 0.25) is 0 Å². The summed E-state index contributed by atoms with van der Waals surface area (Å²) in [5, 5.41) is 24.5. The average Bonchev–Trinajstić information content (AvgIpc) is 3.54. The summed E-state index contributed by atoms with van der Waals surface area (Å²) in [6.07, 6.45) is 0.845. The minimum Gasteiger partial charge on any atom is -0.478 e. The summed E-state index contributed by atoms with van der Waals surface area (Å²) in [6, 6.07) is 37.7. The van der Waals surface area contributed by atoms with Crippen LogP contribution in [0, 0.1) is 6.92 Å². The molecule has 0 aliphatic carbocycles. The van der Waals surface area contributed by atoms with Gasteiger partial charge < -0.3 is 29.7 Å². The van der Waals surface area contributed by atoms with E-state index >= 15 is 0 Å². The first-order chi connectivity index (χ1) is 29.8. The lowest BCUT2D eigenvalue weighted by Gasteiger charge is -2.37. The van der Waals surface area contributed by atoms with Crippen molar-refractivity contribution in [1.29, 1.82) is 0 Å². The number of hydrogen-bond acceptors (Lipinski definition) is 10. The fraction of sp³-hybridized carbons (Fsp3) is 0.255. The molecule has 0 amide bonds. The summed E-state index contributed by atoms with van der Waals surface area (Å²) < 4.78 is 31.8. The topological polar surface area (TPSA) is 142 Å². The lowest BCUT2D eigenvalue weighted by Crippen LogP contribution is -2.46. The van der Waals surface area contributed by atoms with Crippen molar-refractivity contribution in [2.75, 3.05) is 77.9 Å². The van der Waals surface area contributed by atoms with Gasteiger partial charge in [0.25, 0.3) is 10.0 Å². The molecule has 7 rings (SSSR count). The number of carbonyl (C=O) groups is 1. The molecule has 62 heavy (non-hydrogen) atoms. The third-order valence-corrected chi connectivity index (χ3v) is 14.0. The largest absolute Gasteiger partial charge is 0.478 e. The van der Waals surface area contributed by atoms with Gasteiger partial charge in [0.1, 0.15) is 0 Å². The second-order valence-electron chi connectivity index (χ2n) is 15.6. The molecule has 1 aliphatic heterocycles. The number of hydrogen-bond donors (Lipinski definition) is 5. The lowest BCUT2D eigenvalue weighted by molar-refractivity contribution is 0.0696. The summed E-state index contributed by atoms with van der Waals surface area (Å²) in [6.45, 7) is 5.61. The quantitative estimate of drug-likeness (QED) is 0.0442. The fourth-order valence-corrected chi connectivity index (χ4v) is 9.98. The predicted molar refractivity (Wildman–Crippen MR) is 254 cm³/mol. The van der Waals surface area contributed by atoms with E-state index in [9.17, 15) is 23.5 Å². The van der Waals surface area contributed by atoms with Crippen LogP contribution in [0.5, 0.6) is 0 Å². The number of aromatic nitrogens is 1. The zero-order valence-electron chi connectivity index (χ0n) is 35.2. The highest BCUT2D eigenvalue weighted by Crippen LogP contribution is 2.40. The number of rotatable bonds is 17. The zero-order valence-corrected chi connectivity index (χ0v) is 37.6. The number of aromatic carboxylic acids is 1. The van der Waals surface area contributed by atoms with Gasteiger partial charge in [-0.3, -0.25) is 15.4 Å². The Morgan fingerprint density at radius 2 is 1.50 bits per heavy atom. The Morgan fingerprint density at radius 1 is 0.823 bits per heavy atom. The first-order valence-corrected chi connectivity index (χ1v) is 23.2. The molecule has 1 atom stereocenters. The summed E-state index contributed by atoms with van der Waals surface area (Å²) in [5.74, 6) is -0.196.